The molecule has 3 aliphatic rings. The number of carbonyl (C=O) groups is 5. The molecular weight excluding hydrogens is 664 g/mol. The lowest BCUT2D eigenvalue weighted by atomic mass is 9.84. The second kappa shape index (κ2) is 14.4. The van der Waals surface area contributed by atoms with Crippen LogP contribution in [0.15, 0.2) is 35.5 Å². The summed E-state index contributed by atoms with van der Waals surface area (Å²) in [5.41, 5.74) is 3.53. The monoisotopic (exact) mass is 706 g/mol. The SMILES string of the molecule is CC(C)(O)c1cnnn1[C@H]1C[C@@H](C(=O)NC2(C(=O)C(N)=O)CCOCC2)N(C(=O)C(CC2CCCCC2)=NC(=O)c2nc3ccccc3s2)C1. The zero-order chi connectivity index (χ0) is 35.6. The predicted molar refractivity (Wildman–Crippen MR) is 182 cm³/mol. The van der Waals surface area contributed by atoms with E-state index in [1.807, 2.05) is 18.2 Å². The minimum Gasteiger partial charge on any atom is -0.384 e. The highest BCUT2D eigenvalue weighted by Gasteiger charge is 2.49. The van der Waals surface area contributed by atoms with Crippen LogP contribution in [0.5, 0.6) is 0 Å². The van der Waals surface area contributed by atoms with Crippen molar-refractivity contribution in [2.75, 3.05) is 19.8 Å². The molecule has 4 heterocycles. The van der Waals surface area contributed by atoms with Gasteiger partial charge in [0.1, 0.15) is 22.9 Å². The van der Waals surface area contributed by atoms with Crippen molar-refractivity contribution in [1.82, 2.24) is 30.2 Å². The molecule has 15 nitrogen and oxygen atoms in total. The first-order valence-corrected chi connectivity index (χ1v) is 17.8. The number of rotatable bonds is 10. The number of carbonyl (C=O) groups excluding carboxylic acids is 5. The number of ether oxygens (including phenoxy) is 1. The molecule has 2 aromatic heterocycles. The summed E-state index contributed by atoms with van der Waals surface area (Å²) >= 11 is 1.19. The lowest BCUT2D eigenvalue weighted by molar-refractivity contribution is -0.146. The largest absolute Gasteiger partial charge is 0.384 e. The van der Waals surface area contributed by atoms with Crippen molar-refractivity contribution in [2.24, 2.45) is 16.6 Å². The Kier molecular flexibility index (Phi) is 10.2. The van der Waals surface area contributed by atoms with Gasteiger partial charge < -0.3 is 25.8 Å². The number of thiazole rings is 1. The van der Waals surface area contributed by atoms with E-state index in [1.54, 1.807) is 19.9 Å². The zero-order valence-electron chi connectivity index (χ0n) is 28.2. The number of hydrogen-bond donors (Lipinski definition) is 3. The number of para-hydroxylation sites is 1. The van der Waals surface area contributed by atoms with Gasteiger partial charge in [-0.05, 0) is 38.3 Å². The zero-order valence-corrected chi connectivity index (χ0v) is 29.0. The number of primary amides is 1. The number of nitrogens with one attached hydrogen (secondary N) is 1. The molecule has 2 atom stereocenters. The third-order valence-electron chi connectivity index (χ3n) is 9.92. The van der Waals surface area contributed by atoms with Gasteiger partial charge in [-0.3, -0.25) is 24.0 Å². The molecule has 1 aromatic carbocycles. The number of fused-ring (bicyclic) bond motifs is 1. The van der Waals surface area contributed by atoms with E-state index >= 15 is 0 Å². The Morgan fingerprint density at radius 3 is 2.52 bits per heavy atom. The summed E-state index contributed by atoms with van der Waals surface area (Å²) in [5.74, 6) is -3.91. The number of aliphatic hydroxyl groups is 1. The third kappa shape index (κ3) is 7.37. The molecule has 2 aliphatic heterocycles. The summed E-state index contributed by atoms with van der Waals surface area (Å²) < 4.78 is 7.72. The van der Waals surface area contributed by atoms with Gasteiger partial charge in [0.05, 0.1) is 28.1 Å². The maximum absolute atomic E-state index is 14.7. The number of benzene rings is 1. The second-order valence-electron chi connectivity index (χ2n) is 13.9. The fourth-order valence-electron chi connectivity index (χ4n) is 7.24. The standard InChI is InChI=1S/C34H42N8O7S/c1-33(2,48)26-18-36-40-42(26)21-17-24(29(45)39-34(27(43)28(35)44)12-14-49-15-13-34)41(19-21)32(47)23(16-20-8-4-3-5-9-20)37-30(46)31-38-22-10-6-7-11-25(22)50-31/h6-7,10-11,18,20-21,24,48H,3-5,8-9,12-17,19H2,1-2H3,(H2,35,44)(H,39,45)/t21-,24-/m0/s1. The van der Waals surface area contributed by atoms with E-state index in [-0.39, 0.29) is 62.1 Å². The van der Waals surface area contributed by atoms with Crippen LogP contribution in [0.4, 0.5) is 0 Å². The molecule has 16 heteroatoms. The summed E-state index contributed by atoms with van der Waals surface area (Å²) in [6.07, 6.45) is 6.62. The van der Waals surface area contributed by atoms with Crippen LogP contribution >= 0.6 is 11.3 Å². The first kappa shape index (κ1) is 35.4. The minimum absolute atomic E-state index is 0.0231. The number of nitrogens with zero attached hydrogens (tertiary/aromatic N) is 6. The van der Waals surface area contributed by atoms with Crippen LogP contribution in [0, 0.1) is 5.92 Å². The van der Waals surface area contributed by atoms with Gasteiger partial charge in [-0.1, -0.05) is 49.5 Å². The van der Waals surface area contributed by atoms with Crippen molar-refractivity contribution in [3.8, 4) is 0 Å². The van der Waals surface area contributed by atoms with Gasteiger partial charge in [0.15, 0.2) is 5.01 Å². The van der Waals surface area contributed by atoms with Gasteiger partial charge in [-0.15, -0.1) is 16.4 Å². The molecule has 6 rings (SSSR count). The molecule has 266 valence electrons. The quantitative estimate of drug-likeness (QED) is 0.207. The first-order chi connectivity index (χ1) is 23.9. The van der Waals surface area contributed by atoms with E-state index in [9.17, 15) is 29.1 Å². The fraction of sp³-hybridized carbons (Fsp3) is 0.559. The molecule has 3 fully saturated rings. The lowest BCUT2D eigenvalue weighted by Gasteiger charge is -2.37. The van der Waals surface area contributed by atoms with Crippen molar-refractivity contribution < 1.29 is 33.8 Å². The van der Waals surface area contributed by atoms with E-state index in [1.165, 1.54) is 27.1 Å². The van der Waals surface area contributed by atoms with Gasteiger partial charge in [-0.25, -0.2) is 14.7 Å². The van der Waals surface area contributed by atoms with Gasteiger partial charge in [0, 0.05) is 39.0 Å². The van der Waals surface area contributed by atoms with Crippen LogP contribution in [-0.4, -0.2) is 96.4 Å². The Hall–Kier alpha value is -4.41. The summed E-state index contributed by atoms with van der Waals surface area (Å²) in [6.45, 7) is 3.38. The summed E-state index contributed by atoms with van der Waals surface area (Å²) in [6, 6.07) is 5.58. The molecule has 2 saturated heterocycles. The highest BCUT2D eigenvalue weighted by Crippen LogP contribution is 2.34. The summed E-state index contributed by atoms with van der Waals surface area (Å²) in [5, 5.41) is 22.0. The topological polar surface area (TPSA) is 212 Å². The van der Waals surface area contributed by atoms with Crippen LogP contribution in [0.2, 0.25) is 0 Å². The van der Waals surface area contributed by atoms with Crippen molar-refractivity contribution in [2.45, 2.75) is 94.9 Å². The molecule has 1 saturated carbocycles. The maximum atomic E-state index is 14.7. The fourth-order valence-corrected chi connectivity index (χ4v) is 8.09. The number of ketones is 1. The van der Waals surface area contributed by atoms with E-state index in [0.717, 1.165) is 36.8 Å². The highest BCUT2D eigenvalue weighted by atomic mass is 32.1. The molecule has 4 N–H and O–H groups in total. The maximum Gasteiger partial charge on any atom is 0.306 e. The van der Waals surface area contributed by atoms with Crippen LogP contribution in [-0.2, 0) is 29.5 Å². The highest BCUT2D eigenvalue weighted by molar-refractivity contribution is 7.20. The summed E-state index contributed by atoms with van der Waals surface area (Å²) in [7, 11) is 0. The Balaban J connectivity index is 1.37. The number of aromatic nitrogens is 4. The molecule has 1 aliphatic carbocycles. The molecule has 0 spiro atoms. The van der Waals surface area contributed by atoms with Crippen LogP contribution in [0.25, 0.3) is 10.2 Å². The number of likely N-dealkylation sites (tertiary alicyclic amines) is 1. The first-order valence-electron chi connectivity index (χ1n) is 17.0. The van der Waals surface area contributed by atoms with Crippen LogP contribution < -0.4 is 11.1 Å². The van der Waals surface area contributed by atoms with E-state index in [0.29, 0.717) is 11.2 Å². The van der Waals surface area contributed by atoms with Crippen molar-refractivity contribution in [3.63, 3.8) is 0 Å². The number of aliphatic imine (C=N–C) groups is 1. The molecule has 0 bridgehead atoms. The third-order valence-corrected chi connectivity index (χ3v) is 10.9. The Bertz CT molecular complexity index is 1780. The number of Topliss-reactive ketones (excluding diaryl/α,β-unsaturated/α-hetero) is 1. The van der Waals surface area contributed by atoms with Gasteiger partial charge in [0.2, 0.25) is 11.7 Å². The van der Waals surface area contributed by atoms with Gasteiger partial charge >= 0.3 is 5.91 Å². The van der Waals surface area contributed by atoms with E-state index < -0.39 is 52.6 Å². The number of hydrogen-bond acceptors (Lipinski definition) is 11. The van der Waals surface area contributed by atoms with E-state index in [4.69, 9.17) is 10.5 Å². The van der Waals surface area contributed by atoms with Gasteiger partial charge in [0.25, 0.3) is 11.8 Å². The molecule has 50 heavy (non-hydrogen) atoms. The Morgan fingerprint density at radius 1 is 1.12 bits per heavy atom. The molecular formula is C34H42N8O7S. The molecule has 3 aromatic rings. The van der Waals surface area contributed by atoms with Crippen LogP contribution in [0.3, 0.4) is 0 Å². The van der Waals surface area contributed by atoms with Crippen molar-refractivity contribution in [3.05, 3.63) is 41.2 Å². The Morgan fingerprint density at radius 2 is 1.84 bits per heavy atom. The smallest absolute Gasteiger partial charge is 0.306 e. The second-order valence-corrected chi connectivity index (χ2v) is 15.0. The average Bonchev–Trinajstić information content (AvgIpc) is 3.86. The number of amides is 4. The van der Waals surface area contributed by atoms with Gasteiger partial charge in [-0.2, -0.15) is 0 Å². The molecule has 4 amide bonds. The predicted octanol–water partition coefficient (Wildman–Crippen LogP) is 2.23. The average molecular weight is 707 g/mol. The normalized spacial score (nSPS) is 21.7. The van der Waals surface area contributed by atoms with Crippen molar-refractivity contribution >= 4 is 56.7 Å². The van der Waals surface area contributed by atoms with Crippen molar-refractivity contribution in [1.29, 1.82) is 0 Å². The lowest BCUT2D eigenvalue weighted by Crippen LogP contribution is -2.63. The Labute approximate surface area is 292 Å². The minimum atomic E-state index is -1.60. The molecule has 0 unspecified atom stereocenters. The van der Waals surface area contributed by atoms with Crippen LogP contribution in [0.1, 0.15) is 93.2 Å². The van der Waals surface area contributed by atoms with E-state index in [2.05, 4.69) is 25.6 Å². The number of nitrogens with two attached hydrogens (primary N) is 1. The summed E-state index contributed by atoms with van der Waals surface area (Å²) in [4.78, 5) is 77.9. The molecule has 0 radical (unpaired) electrons.